The molecule has 380 valence electrons. The van der Waals surface area contributed by atoms with Gasteiger partial charge in [-0.2, -0.15) is 0 Å². The molecule has 4 heterocycles. The summed E-state index contributed by atoms with van der Waals surface area (Å²) in [5.41, 5.74) is 6.21. The quantitative estimate of drug-likeness (QED) is 0.0362. The topological polar surface area (TPSA) is 46.8 Å². The zero-order chi connectivity index (χ0) is 49.0. The highest BCUT2D eigenvalue weighted by atomic mass is 16.7. The molecule has 6 rings (SSSR count). The van der Waals surface area contributed by atoms with Crippen LogP contribution in [0.4, 0.5) is 0 Å². The summed E-state index contributed by atoms with van der Waals surface area (Å²) in [4.78, 5) is 0. The summed E-state index contributed by atoms with van der Waals surface area (Å²) >= 11 is 0. The van der Waals surface area contributed by atoms with Crippen molar-refractivity contribution in [1.82, 2.24) is 9.13 Å². The SMILES string of the molecule is CCCCCCCCC(CCCCCCCC)n1c2cc(B3OC(C)(C)C(C)(C)O3)ccc2c2c1c1ccc(B3OC(C)(C)C(C)(C)O3)cc1n2C(CCCCCCCC)CCCCCCCC. The molecule has 0 amide bonds. The molecule has 0 bridgehead atoms. The average Bonchev–Trinajstić information content (AvgIpc) is 3.94. The number of fused-ring (bicyclic) bond motifs is 5. The summed E-state index contributed by atoms with van der Waals surface area (Å²) in [6.45, 7) is 26.8. The summed E-state index contributed by atoms with van der Waals surface area (Å²) in [6, 6.07) is 15.3. The van der Waals surface area contributed by atoms with Gasteiger partial charge in [0.15, 0.2) is 0 Å². The molecule has 0 saturated carbocycles. The Morgan fingerprint density at radius 2 is 0.618 bits per heavy atom. The summed E-state index contributed by atoms with van der Waals surface area (Å²) in [7, 11) is -0.811. The standard InChI is InChI=1S/C60H100B2N2O4/c1-13-17-21-25-29-33-37-49(38-34-30-26-22-18-14-2)63-53-45-47(61-65-57(5,6)58(7,8)66-61)41-43-51(53)56-55(63)52-44-42-48(62-67-59(9,10)60(11,12)68-62)46-54(52)64(56)50(39-35-31-27-23-19-15-3)40-36-32-28-24-20-16-4/h41-46,49-50H,13-40H2,1-12H3. The van der Waals surface area contributed by atoms with E-state index in [0.29, 0.717) is 12.1 Å². The molecular formula is C60H100B2N2O4. The van der Waals surface area contributed by atoms with E-state index < -0.39 is 36.6 Å². The molecule has 2 aromatic heterocycles. The molecule has 68 heavy (non-hydrogen) atoms. The zero-order valence-electron chi connectivity index (χ0n) is 46.1. The number of benzene rings is 2. The van der Waals surface area contributed by atoms with Crippen molar-refractivity contribution in [2.75, 3.05) is 0 Å². The summed E-state index contributed by atoms with van der Waals surface area (Å²) in [5.74, 6) is 0. The van der Waals surface area contributed by atoms with E-state index >= 15 is 0 Å². The van der Waals surface area contributed by atoms with Gasteiger partial charge in [0, 0.05) is 22.9 Å². The summed E-state index contributed by atoms with van der Waals surface area (Å²) in [6.07, 6.45) is 36.4. The van der Waals surface area contributed by atoms with E-state index in [2.05, 4.69) is 129 Å². The first-order valence-corrected chi connectivity index (χ1v) is 28.9. The number of hydrogen-bond donors (Lipinski definition) is 0. The Morgan fingerprint density at radius 3 is 0.882 bits per heavy atom. The van der Waals surface area contributed by atoms with Crippen molar-refractivity contribution in [1.29, 1.82) is 0 Å². The number of hydrogen-bond acceptors (Lipinski definition) is 4. The first kappa shape index (κ1) is 55.1. The predicted molar refractivity (Wildman–Crippen MR) is 296 cm³/mol. The van der Waals surface area contributed by atoms with E-state index in [4.69, 9.17) is 18.6 Å². The van der Waals surface area contributed by atoms with Crippen LogP contribution < -0.4 is 10.9 Å². The van der Waals surface area contributed by atoms with Gasteiger partial charge in [-0.1, -0.05) is 206 Å². The maximum Gasteiger partial charge on any atom is 0.494 e. The average molecular weight is 935 g/mol. The Hall–Kier alpha value is -2.25. The van der Waals surface area contributed by atoms with Crippen LogP contribution in [0, 0.1) is 0 Å². The van der Waals surface area contributed by atoms with Crippen molar-refractivity contribution >= 4 is 58.0 Å². The fourth-order valence-corrected chi connectivity index (χ4v) is 11.3. The van der Waals surface area contributed by atoms with Gasteiger partial charge < -0.3 is 27.8 Å². The minimum atomic E-state index is -0.405. The fourth-order valence-electron chi connectivity index (χ4n) is 11.3. The Labute approximate surface area is 417 Å². The van der Waals surface area contributed by atoms with Gasteiger partial charge in [0.1, 0.15) is 0 Å². The zero-order valence-corrected chi connectivity index (χ0v) is 46.1. The minimum absolute atomic E-state index is 0.401. The molecule has 0 N–H and O–H groups in total. The largest absolute Gasteiger partial charge is 0.494 e. The number of nitrogens with zero attached hydrogens (tertiary/aromatic N) is 2. The van der Waals surface area contributed by atoms with Crippen LogP contribution in [0.1, 0.15) is 275 Å². The van der Waals surface area contributed by atoms with Crippen LogP contribution in [0.15, 0.2) is 36.4 Å². The Bertz CT molecular complexity index is 1920. The number of unbranched alkanes of at least 4 members (excludes halogenated alkanes) is 20. The summed E-state index contributed by atoms with van der Waals surface area (Å²) < 4.78 is 32.9. The van der Waals surface area contributed by atoms with Crippen LogP contribution in [-0.4, -0.2) is 45.8 Å². The lowest BCUT2D eigenvalue weighted by atomic mass is 9.78. The molecule has 0 spiro atoms. The van der Waals surface area contributed by atoms with Gasteiger partial charge in [-0.3, -0.25) is 0 Å². The highest BCUT2D eigenvalue weighted by Crippen LogP contribution is 2.45. The first-order chi connectivity index (χ1) is 32.6. The molecule has 2 aromatic carbocycles. The van der Waals surface area contributed by atoms with Crippen LogP contribution >= 0.6 is 0 Å². The maximum atomic E-state index is 6.80. The highest BCUT2D eigenvalue weighted by molar-refractivity contribution is 6.63. The molecule has 4 aromatic rings. The lowest BCUT2D eigenvalue weighted by Crippen LogP contribution is -2.41. The normalized spacial score (nSPS) is 17.7. The van der Waals surface area contributed by atoms with E-state index in [0.717, 1.165) is 10.9 Å². The Morgan fingerprint density at radius 1 is 0.368 bits per heavy atom. The lowest BCUT2D eigenvalue weighted by molar-refractivity contribution is 0.00578. The van der Waals surface area contributed by atoms with Gasteiger partial charge in [0.05, 0.1) is 44.5 Å². The molecule has 2 saturated heterocycles. The second-order valence-corrected chi connectivity index (χ2v) is 23.7. The van der Waals surface area contributed by atoms with Gasteiger partial charge in [-0.25, -0.2) is 0 Å². The third-order valence-corrected chi connectivity index (χ3v) is 17.1. The van der Waals surface area contributed by atoms with Gasteiger partial charge >= 0.3 is 14.2 Å². The Kier molecular flexibility index (Phi) is 20.6. The van der Waals surface area contributed by atoms with Crippen LogP contribution in [0.2, 0.25) is 0 Å². The maximum absolute atomic E-state index is 6.80. The number of aromatic nitrogens is 2. The van der Waals surface area contributed by atoms with Crippen molar-refractivity contribution in [3.05, 3.63) is 36.4 Å². The van der Waals surface area contributed by atoms with Gasteiger partial charge in [-0.05, 0) is 104 Å². The molecule has 0 unspecified atom stereocenters. The van der Waals surface area contributed by atoms with E-state index in [1.807, 2.05) is 0 Å². The third-order valence-electron chi connectivity index (χ3n) is 17.1. The molecule has 2 aliphatic heterocycles. The van der Waals surface area contributed by atoms with Gasteiger partial charge in [0.25, 0.3) is 0 Å². The van der Waals surface area contributed by atoms with E-state index in [9.17, 15) is 0 Å². The predicted octanol–water partition coefficient (Wildman–Crippen LogP) is 17.4. The van der Waals surface area contributed by atoms with Crippen LogP contribution in [-0.2, 0) is 18.6 Å². The lowest BCUT2D eigenvalue weighted by Gasteiger charge is -2.32. The van der Waals surface area contributed by atoms with Crippen molar-refractivity contribution < 1.29 is 18.6 Å². The van der Waals surface area contributed by atoms with Crippen LogP contribution in [0.5, 0.6) is 0 Å². The fraction of sp³-hybridized carbons (Fsp3) is 0.767. The second kappa shape index (κ2) is 25.4. The number of rotatable bonds is 32. The first-order valence-electron chi connectivity index (χ1n) is 28.9. The molecule has 2 fully saturated rings. The van der Waals surface area contributed by atoms with Gasteiger partial charge in [-0.15, -0.1) is 0 Å². The third kappa shape index (κ3) is 13.2. The smallest absolute Gasteiger partial charge is 0.399 e. The summed E-state index contributed by atoms with van der Waals surface area (Å²) in [5, 5.41) is 2.75. The van der Waals surface area contributed by atoms with E-state index in [-0.39, 0.29) is 0 Å². The monoisotopic (exact) mass is 935 g/mol. The van der Waals surface area contributed by atoms with Crippen molar-refractivity contribution in [2.24, 2.45) is 0 Å². The van der Waals surface area contributed by atoms with Crippen molar-refractivity contribution in [3.8, 4) is 0 Å². The molecule has 8 heteroatoms. The highest BCUT2D eigenvalue weighted by Gasteiger charge is 2.53. The van der Waals surface area contributed by atoms with Crippen molar-refractivity contribution in [3.63, 3.8) is 0 Å². The van der Waals surface area contributed by atoms with E-state index in [1.165, 1.54) is 213 Å². The molecule has 0 radical (unpaired) electrons. The molecule has 0 atom stereocenters. The second-order valence-electron chi connectivity index (χ2n) is 23.7. The molecule has 2 aliphatic rings. The molecular weight excluding hydrogens is 834 g/mol. The van der Waals surface area contributed by atoms with Gasteiger partial charge in [0.2, 0.25) is 0 Å². The van der Waals surface area contributed by atoms with E-state index in [1.54, 1.807) is 0 Å². The van der Waals surface area contributed by atoms with Crippen LogP contribution in [0.25, 0.3) is 32.8 Å². The molecule has 6 nitrogen and oxygen atoms in total. The minimum Gasteiger partial charge on any atom is -0.399 e. The van der Waals surface area contributed by atoms with Crippen LogP contribution in [0.3, 0.4) is 0 Å². The van der Waals surface area contributed by atoms with Crippen molar-refractivity contribution in [2.45, 2.75) is 297 Å². The Balaban J connectivity index is 1.57. The molecule has 0 aliphatic carbocycles.